The average Bonchev–Trinajstić information content (AvgIpc) is 2.01. The molecule has 0 amide bonds. The predicted octanol–water partition coefficient (Wildman–Crippen LogP) is 1.49. The highest BCUT2D eigenvalue weighted by Gasteiger charge is 2.17. The highest BCUT2D eigenvalue weighted by atomic mass is 32.3. The fourth-order valence-electron chi connectivity index (χ4n) is 0.806. The van der Waals surface area contributed by atoms with Crippen LogP contribution in [0.25, 0.3) is 0 Å². The summed E-state index contributed by atoms with van der Waals surface area (Å²) in [6.07, 6.45) is 0. The molecule has 0 aliphatic rings. The molecule has 0 heterocycles. The topological polar surface area (TPSA) is 43.4 Å². The first-order chi connectivity index (χ1) is 5.95. The van der Waals surface area contributed by atoms with Crippen molar-refractivity contribution >= 4 is 10.2 Å². The lowest BCUT2D eigenvalue weighted by Gasteiger charge is -2.01. The largest absolute Gasteiger partial charge is 0.497 e. The van der Waals surface area contributed by atoms with Crippen LogP contribution >= 0.6 is 0 Å². The van der Waals surface area contributed by atoms with Crippen LogP contribution in [0.3, 0.4) is 0 Å². The second kappa shape index (κ2) is 3.29. The maximum atomic E-state index is 12.8. The SMILES string of the molecule is COc1ccc(S(=O)(=O)F)c(F)c1. The number of hydrogen-bond donors (Lipinski definition) is 0. The Morgan fingerprint density at radius 1 is 1.38 bits per heavy atom. The molecule has 1 rings (SSSR count). The molecule has 0 radical (unpaired) electrons. The number of halogens is 2. The van der Waals surface area contributed by atoms with Gasteiger partial charge in [-0.3, -0.25) is 0 Å². The van der Waals surface area contributed by atoms with Crippen molar-refractivity contribution in [3.8, 4) is 5.75 Å². The van der Waals surface area contributed by atoms with Crippen LogP contribution < -0.4 is 4.74 Å². The molecule has 0 saturated heterocycles. The normalized spacial score (nSPS) is 11.3. The van der Waals surface area contributed by atoms with Crippen LogP contribution in [0.5, 0.6) is 5.75 Å². The van der Waals surface area contributed by atoms with Crippen LogP contribution in [0, 0.1) is 5.82 Å². The third kappa shape index (κ3) is 2.15. The van der Waals surface area contributed by atoms with E-state index in [1.165, 1.54) is 7.11 Å². The molecule has 1 aromatic carbocycles. The smallest absolute Gasteiger partial charge is 0.335 e. The Labute approximate surface area is 74.2 Å². The second-order valence-corrected chi connectivity index (χ2v) is 3.55. The Bertz CT molecular complexity index is 414. The minimum Gasteiger partial charge on any atom is -0.497 e. The zero-order chi connectivity index (χ0) is 10.1. The number of rotatable bonds is 2. The van der Waals surface area contributed by atoms with Crippen molar-refractivity contribution in [1.29, 1.82) is 0 Å². The summed E-state index contributed by atoms with van der Waals surface area (Å²) in [4.78, 5) is -0.978. The van der Waals surface area contributed by atoms with Crippen LogP contribution in [0.4, 0.5) is 8.28 Å². The molecule has 72 valence electrons. The third-order valence-corrected chi connectivity index (χ3v) is 2.26. The molecule has 0 N–H and O–H groups in total. The lowest BCUT2D eigenvalue weighted by atomic mass is 10.3. The maximum absolute atomic E-state index is 12.8. The van der Waals surface area contributed by atoms with E-state index in [1.807, 2.05) is 0 Å². The van der Waals surface area contributed by atoms with Crippen molar-refractivity contribution in [2.75, 3.05) is 7.11 Å². The maximum Gasteiger partial charge on any atom is 0.335 e. The lowest BCUT2D eigenvalue weighted by molar-refractivity contribution is 0.409. The summed E-state index contributed by atoms with van der Waals surface area (Å²) in [5, 5.41) is 0. The van der Waals surface area contributed by atoms with Crippen LogP contribution in [-0.4, -0.2) is 15.5 Å². The van der Waals surface area contributed by atoms with Gasteiger partial charge in [0.1, 0.15) is 16.5 Å². The van der Waals surface area contributed by atoms with E-state index in [1.54, 1.807) is 0 Å². The summed E-state index contributed by atoms with van der Waals surface area (Å²) < 4.78 is 50.4. The fourth-order valence-corrected chi connectivity index (χ4v) is 1.33. The average molecular weight is 208 g/mol. The molecule has 0 aliphatic heterocycles. The highest BCUT2D eigenvalue weighted by Crippen LogP contribution is 2.21. The Morgan fingerprint density at radius 3 is 2.38 bits per heavy atom. The Kier molecular flexibility index (Phi) is 2.51. The third-order valence-electron chi connectivity index (χ3n) is 1.40. The van der Waals surface area contributed by atoms with Gasteiger partial charge in [0.25, 0.3) is 0 Å². The van der Waals surface area contributed by atoms with Gasteiger partial charge in [-0.1, -0.05) is 0 Å². The molecule has 0 atom stereocenters. The van der Waals surface area contributed by atoms with Crippen LogP contribution in [0.15, 0.2) is 23.1 Å². The number of ether oxygens (including phenoxy) is 1. The van der Waals surface area contributed by atoms with E-state index in [0.29, 0.717) is 0 Å². The highest BCUT2D eigenvalue weighted by molar-refractivity contribution is 7.86. The van der Waals surface area contributed by atoms with Crippen molar-refractivity contribution in [2.45, 2.75) is 4.90 Å². The molecule has 0 bridgehead atoms. The number of methoxy groups -OCH3 is 1. The van der Waals surface area contributed by atoms with Crippen LogP contribution in [0.1, 0.15) is 0 Å². The van der Waals surface area contributed by atoms with E-state index in [9.17, 15) is 16.7 Å². The molecule has 13 heavy (non-hydrogen) atoms. The van der Waals surface area contributed by atoms with Gasteiger partial charge < -0.3 is 4.74 Å². The lowest BCUT2D eigenvalue weighted by Crippen LogP contribution is -1.96. The van der Waals surface area contributed by atoms with Gasteiger partial charge in [0.2, 0.25) is 0 Å². The van der Waals surface area contributed by atoms with Gasteiger partial charge in [0.15, 0.2) is 0 Å². The summed E-state index contributed by atoms with van der Waals surface area (Å²) in [7, 11) is -3.70. The molecule has 3 nitrogen and oxygen atoms in total. The van der Waals surface area contributed by atoms with Gasteiger partial charge in [-0.2, -0.15) is 8.42 Å². The minimum absolute atomic E-state index is 0.130. The molecule has 0 saturated carbocycles. The second-order valence-electron chi connectivity index (χ2n) is 2.23. The van der Waals surface area contributed by atoms with Crippen LogP contribution in [-0.2, 0) is 10.2 Å². The summed E-state index contributed by atoms with van der Waals surface area (Å²) in [5.41, 5.74) is 0. The van der Waals surface area contributed by atoms with E-state index < -0.39 is 20.9 Å². The zero-order valence-corrected chi connectivity index (χ0v) is 7.44. The Morgan fingerprint density at radius 2 is 2.00 bits per heavy atom. The van der Waals surface area contributed by atoms with Gasteiger partial charge in [-0.25, -0.2) is 4.39 Å². The van der Waals surface area contributed by atoms with Gasteiger partial charge in [0, 0.05) is 6.07 Å². The predicted molar refractivity (Wildman–Crippen MR) is 41.2 cm³/mol. The van der Waals surface area contributed by atoms with Gasteiger partial charge >= 0.3 is 10.2 Å². The summed E-state index contributed by atoms with van der Waals surface area (Å²) in [5.74, 6) is -1.04. The molecule has 0 spiro atoms. The van der Waals surface area contributed by atoms with E-state index >= 15 is 0 Å². The van der Waals surface area contributed by atoms with Gasteiger partial charge in [-0.15, -0.1) is 3.89 Å². The summed E-state index contributed by atoms with van der Waals surface area (Å²) in [6.45, 7) is 0. The minimum atomic E-state index is -4.99. The standard InChI is InChI=1S/C7H6F2O3S/c1-12-5-2-3-7(6(8)4-5)13(9,10)11/h2-4H,1H3. The van der Waals surface area contributed by atoms with Crippen molar-refractivity contribution in [3.63, 3.8) is 0 Å². The Balaban J connectivity index is 3.29. The van der Waals surface area contributed by atoms with E-state index in [4.69, 9.17) is 0 Å². The monoisotopic (exact) mass is 208 g/mol. The Hall–Kier alpha value is -1.17. The van der Waals surface area contributed by atoms with E-state index in [-0.39, 0.29) is 5.75 Å². The van der Waals surface area contributed by atoms with Crippen LogP contribution in [0.2, 0.25) is 0 Å². The first-order valence-corrected chi connectivity index (χ1v) is 4.61. The van der Waals surface area contributed by atoms with Crippen molar-refractivity contribution < 1.29 is 21.4 Å². The van der Waals surface area contributed by atoms with Crippen molar-refractivity contribution in [1.82, 2.24) is 0 Å². The number of hydrogen-bond acceptors (Lipinski definition) is 3. The van der Waals surface area contributed by atoms with E-state index in [2.05, 4.69) is 4.74 Å². The summed E-state index contributed by atoms with van der Waals surface area (Å²) >= 11 is 0. The molecule has 1 aromatic rings. The summed E-state index contributed by atoms with van der Waals surface area (Å²) in [6, 6.07) is 2.77. The molecular weight excluding hydrogens is 202 g/mol. The van der Waals surface area contributed by atoms with Crippen molar-refractivity contribution in [2.24, 2.45) is 0 Å². The van der Waals surface area contributed by atoms with E-state index in [0.717, 1.165) is 18.2 Å². The first kappa shape index (κ1) is 9.91. The molecule has 0 unspecified atom stereocenters. The molecular formula is C7H6F2O3S. The number of benzene rings is 1. The molecule has 0 aromatic heterocycles. The van der Waals surface area contributed by atoms with Gasteiger partial charge in [-0.05, 0) is 12.1 Å². The van der Waals surface area contributed by atoms with Gasteiger partial charge in [0.05, 0.1) is 7.11 Å². The fraction of sp³-hybridized carbons (Fsp3) is 0.143. The quantitative estimate of drug-likeness (QED) is 0.691. The first-order valence-electron chi connectivity index (χ1n) is 3.23. The van der Waals surface area contributed by atoms with Crippen molar-refractivity contribution in [3.05, 3.63) is 24.0 Å². The zero-order valence-electron chi connectivity index (χ0n) is 6.62. The molecule has 0 aliphatic carbocycles. The molecule has 0 fully saturated rings. The molecule has 6 heteroatoms.